The topological polar surface area (TPSA) is 84.7 Å². The van der Waals surface area contributed by atoms with Gasteiger partial charge in [0.1, 0.15) is 0 Å². The maximum absolute atomic E-state index is 12.3. The summed E-state index contributed by atoms with van der Waals surface area (Å²) in [6.07, 6.45) is 7.36. The van der Waals surface area contributed by atoms with E-state index in [1.807, 2.05) is 28.9 Å². The van der Waals surface area contributed by atoms with Crippen LogP contribution in [-0.2, 0) is 4.79 Å². The summed E-state index contributed by atoms with van der Waals surface area (Å²) in [4.78, 5) is 12.3. The minimum Gasteiger partial charge on any atom is -0.376 e. The number of tetrazole rings is 1. The Morgan fingerprint density at radius 3 is 2.62 bits per heavy atom. The molecule has 3 aliphatic carbocycles. The Labute approximate surface area is 152 Å². The van der Waals surface area contributed by atoms with Crippen molar-refractivity contribution in [1.29, 1.82) is 0 Å². The van der Waals surface area contributed by atoms with E-state index in [1.54, 1.807) is 0 Å². The summed E-state index contributed by atoms with van der Waals surface area (Å²) >= 11 is 0. The minimum atomic E-state index is 0.0852. The lowest BCUT2D eigenvalue weighted by Crippen LogP contribution is -2.41. The summed E-state index contributed by atoms with van der Waals surface area (Å²) < 4.78 is 1.90. The molecule has 26 heavy (non-hydrogen) atoms. The lowest BCUT2D eigenvalue weighted by molar-refractivity contribution is -0.120. The number of hydrogen-bond donors (Lipinski definition) is 2. The Kier molecular flexibility index (Phi) is 3.87. The number of nitrogens with one attached hydrogen (secondary N) is 2. The fourth-order valence-electron chi connectivity index (χ4n) is 3.67. The molecule has 0 atom stereocenters. The Morgan fingerprint density at radius 2 is 1.92 bits per heavy atom. The molecule has 3 aliphatic rings. The van der Waals surface area contributed by atoms with Gasteiger partial charge in [-0.25, -0.2) is 4.68 Å². The van der Waals surface area contributed by atoms with E-state index in [4.69, 9.17) is 0 Å². The molecule has 0 radical (unpaired) electrons. The van der Waals surface area contributed by atoms with Gasteiger partial charge in [0, 0.05) is 17.3 Å². The molecule has 3 fully saturated rings. The summed E-state index contributed by atoms with van der Waals surface area (Å²) in [7, 11) is 0. The molecule has 1 amide bonds. The first-order valence-corrected chi connectivity index (χ1v) is 9.69. The SMILES string of the molecule is O=C(CNc1cccc(-c2nnnn2C2CC2)c1)NC(C1CC1)C1CC1. The van der Waals surface area contributed by atoms with Crippen molar-refractivity contribution in [3.05, 3.63) is 24.3 Å². The molecule has 2 aromatic rings. The molecule has 0 unspecified atom stereocenters. The van der Waals surface area contributed by atoms with Crippen molar-refractivity contribution in [3.63, 3.8) is 0 Å². The number of nitrogens with zero attached hydrogens (tertiary/aromatic N) is 4. The zero-order valence-corrected chi connectivity index (χ0v) is 14.8. The van der Waals surface area contributed by atoms with Gasteiger partial charge in [-0.05, 0) is 72.9 Å². The van der Waals surface area contributed by atoms with Crippen LogP contribution in [0.2, 0.25) is 0 Å². The molecule has 5 rings (SSSR count). The van der Waals surface area contributed by atoms with Crippen molar-refractivity contribution >= 4 is 11.6 Å². The predicted molar refractivity (Wildman–Crippen MR) is 97.4 cm³/mol. The molecular formula is C19H24N6O. The first-order valence-electron chi connectivity index (χ1n) is 9.69. The zero-order chi connectivity index (χ0) is 17.5. The van der Waals surface area contributed by atoms with Gasteiger partial charge in [0.15, 0.2) is 5.82 Å². The van der Waals surface area contributed by atoms with Crippen LogP contribution in [0.1, 0.15) is 44.6 Å². The molecule has 7 heteroatoms. The van der Waals surface area contributed by atoms with Gasteiger partial charge >= 0.3 is 0 Å². The summed E-state index contributed by atoms with van der Waals surface area (Å²) in [5.41, 5.74) is 1.89. The van der Waals surface area contributed by atoms with E-state index in [0.29, 0.717) is 18.6 Å². The summed E-state index contributed by atoms with van der Waals surface area (Å²) in [5.74, 6) is 2.32. The third-order valence-corrected chi connectivity index (χ3v) is 5.55. The van der Waals surface area contributed by atoms with E-state index < -0.39 is 0 Å². The highest BCUT2D eigenvalue weighted by Gasteiger charge is 2.42. The fraction of sp³-hybridized carbons (Fsp3) is 0.579. The Morgan fingerprint density at radius 1 is 1.15 bits per heavy atom. The Bertz CT molecular complexity index is 794. The molecule has 3 saturated carbocycles. The number of carbonyl (C=O) groups is 1. The van der Waals surface area contributed by atoms with Gasteiger partial charge in [0.25, 0.3) is 0 Å². The lowest BCUT2D eigenvalue weighted by Gasteiger charge is -2.18. The molecule has 0 saturated heterocycles. The highest BCUT2D eigenvalue weighted by atomic mass is 16.2. The van der Waals surface area contributed by atoms with Crippen molar-refractivity contribution in [1.82, 2.24) is 25.5 Å². The van der Waals surface area contributed by atoms with Crippen LogP contribution in [0.3, 0.4) is 0 Å². The average molecular weight is 352 g/mol. The average Bonchev–Trinajstić information content (AvgIpc) is 3.52. The third kappa shape index (κ3) is 3.43. The van der Waals surface area contributed by atoms with Crippen LogP contribution in [0.5, 0.6) is 0 Å². The second-order valence-corrected chi connectivity index (χ2v) is 7.88. The smallest absolute Gasteiger partial charge is 0.239 e. The molecule has 0 spiro atoms. The molecule has 0 bridgehead atoms. The normalized spacial score (nSPS) is 19.6. The summed E-state index contributed by atoms with van der Waals surface area (Å²) in [6, 6.07) is 8.80. The Hall–Kier alpha value is -2.44. The van der Waals surface area contributed by atoms with Gasteiger partial charge in [0.2, 0.25) is 5.91 Å². The number of anilines is 1. The van der Waals surface area contributed by atoms with Gasteiger partial charge in [-0.1, -0.05) is 12.1 Å². The van der Waals surface area contributed by atoms with Crippen LogP contribution < -0.4 is 10.6 Å². The van der Waals surface area contributed by atoms with Crippen LogP contribution in [0, 0.1) is 11.8 Å². The molecule has 1 aromatic carbocycles. The number of benzene rings is 1. The van der Waals surface area contributed by atoms with E-state index in [9.17, 15) is 4.79 Å². The van der Waals surface area contributed by atoms with E-state index in [2.05, 4.69) is 26.2 Å². The monoisotopic (exact) mass is 352 g/mol. The van der Waals surface area contributed by atoms with Crippen LogP contribution in [0.4, 0.5) is 5.69 Å². The first kappa shape index (κ1) is 15.8. The van der Waals surface area contributed by atoms with E-state index in [1.165, 1.54) is 25.7 Å². The number of carbonyl (C=O) groups excluding carboxylic acids is 1. The zero-order valence-electron chi connectivity index (χ0n) is 14.8. The second-order valence-electron chi connectivity index (χ2n) is 7.88. The molecule has 2 N–H and O–H groups in total. The first-order chi connectivity index (χ1) is 12.8. The Balaban J connectivity index is 1.22. The van der Waals surface area contributed by atoms with Gasteiger partial charge in [-0.3, -0.25) is 4.79 Å². The van der Waals surface area contributed by atoms with Gasteiger partial charge < -0.3 is 10.6 Å². The number of rotatable bonds is 8. The number of hydrogen-bond acceptors (Lipinski definition) is 5. The standard InChI is InChI=1S/C19H24N6O/c26-17(21-18(12-4-5-12)13-6-7-13)11-20-15-3-1-2-14(10-15)19-22-23-24-25(19)16-8-9-16/h1-3,10,12-13,16,18,20H,4-9,11H2,(H,21,26). The van der Waals surface area contributed by atoms with Crippen molar-refractivity contribution in [2.24, 2.45) is 11.8 Å². The summed E-state index contributed by atoms with van der Waals surface area (Å²) in [6.45, 7) is 0.299. The fourth-order valence-corrected chi connectivity index (χ4v) is 3.67. The second kappa shape index (κ2) is 6.37. The largest absolute Gasteiger partial charge is 0.376 e. The molecule has 7 nitrogen and oxygen atoms in total. The molecule has 1 aromatic heterocycles. The summed E-state index contributed by atoms with van der Waals surface area (Å²) in [5, 5.41) is 18.6. The molecule has 0 aliphatic heterocycles. The molecule has 136 valence electrons. The number of amides is 1. The number of aromatic nitrogens is 4. The van der Waals surface area contributed by atoms with Crippen molar-refractivity contribution in [2.45, 2.75) is 50.6 Å². The van der Waals surface area contributed by atoms with Gasteiger partial charge in [-0.15, -0.1) is 5.10 Å². The highest BCUT2D eigenvalue weighted by Crippen LogP contribution is 2.44. The van der Waals surface area contributed by atoms with Crippen LogP contribution in [0.15, 0.2) is 24.3 Å². The van der Waals surface area contributed by atoms with E-state index in [0.717, 1.165) is 41.8 Å². The molecular weight excluding hydrogens is 328 g/mol. The third-order valence-electron chi connectivity index (χ3n) is 5.55. The highest BCUT2D eigenvalue weighted by molar-refractivity contribution is 5.81. The van der Waals surface area contributed by atoms with E-state index >= 15 is 0 Å². The lowest BCUT2D eigenvalue weighted by atomic mass is 10.1. The van der Waals surface area contributed by atoms with Crippen LogP contribution >= 0.6 is 0 Å². The quantitative estimate of drug-likeness (QED) is 0.762. The maximum atomic E-state index is 12.3. The van der Waals surface area contributed by atoms with Gasteiger partial charge in [-0.2, -0.15) is 0 Å². The van der Waals surface area contributed by atoms with Crippen LogP contribution in [0.25, 0.3) is 11.4 Å². The van der Waals surface area contributed by atoms with Crippen LogP contribution in [-0.4, -0.2) is 38.7 Å². The maximum Gasteiger partial charge on any atom is 0.239 e. The predicted octanol–water partition coefficient (Wildman–Crippen LogP) is 2.39. The van der Waals surface area contributed by atoms with Gasteiger partial charge in [0.05, 0.1) is 12.6 Å². The minimum absolute atomic E-state index is 0.0852. The van der Waals surface area contributed by atoms with Crippen molar-refractivity contribution < 1.29 is 4.79 Å². The van der Waals surface area contributed by atoms with Crippen molar-refractivity contribution in [2.75, 3.05) is 11.9 Å². The molecule has 1 heterocycles. The van der Waals surface area contributed by atoms with Crippen molar-refractivity contribution in [3.8, 4) is 11.4 Å². The van der Waals surface area contributed by atoms with E-state index in [-0.39, 0.29) is 5.91 Å².